The van der Waals surface area contributed by atoms with Gasteiger partial charge < -0.3 is 15.2 Å². The fourth-order valence-electron chi connectivity index (χ4n) is 2.97. The largest absolute Gasteiger partial charge is 0.449 e. The van der Waals surface area contributed by atoms with Crippen LogP contribution >= 0.6 is 0 Å². The molecule has 154 valence electrons. The number of imidazole rings is 1. The van der Waals surface area contributed by atoms with Crippen LogP contribution in [0.4, 0.5) is 36.2 Å². The number of hydrogen-bond donors (Lipinski definition) is 2. The molecule has 0 saturated carbocycles. The molecule has 0 bridgehead atoms. The zero-order valence-corrected chi connectivity index (χ0v) is 16.5. The Kier molecular flexibility index (Phi) is 4.81. The molecule has 0 saturated heterocycles. The van der Waals surface area contributed by atoms with Gasteiger partial charge in [0.15, 0.2) is 22.9 Å². The van der Waals surface area contributed by atoms with Gasteiger partial charge in [-0.1, -0.05) is 35.4 Å². The molecule has 30 heavy (non-hydrogen) atoms. The van der Waals surface area contributed by atoms with E-state index in [9.17, 15) is 13.2 Å². The van der Waals surface area contributed by atoms with Gasteiger partial charge in [-0.05, 0) is 38.1 Å². The molecule has 4 rings (SSSR count). The minimum Gasteiger partial charge on any atom is -0.337 e. The summed E-state index contributed by atoms with van der Waals surface area (Å²) in [5, 5.41) is 6.26. The van der Waals surface area contributed by atoms with E-state index in [0.29, 0.717) is 5.82 Å². The van der Waals surface area contributed by atoms with Crippen molar-refractivity contribution in [1.82, 2.24) is 19.5 Å². The molecule has 0 aliphatic carbocycles. The number of nitrogens with one attached hydrogen (secondary N) is 2. The van der Waals surface area contributed by atoms with Crippen molar-refractivity contribution in [3.05, 3.63) is 65.5 Å². The average molecular weight is 412 g/mol. The molecule has 0 radical (unpaired) electrons. The van der Waals surface area contributed by atoms with Crippen molar-refractivity contribution in [3.8, 4) is 0 Å². The number of aromatic nitrogens is 4. The minimum absolute atomic E-state index is 0.0337. The number of halogens is 3. The first kappa shape index (κ1) is 19.7. The summed E-state index contributed by atoms with van der Waals surface area (Å²) >= 11 is 0. The highest BCUT2D eigenvalue weighted by Gasteiger charge is 2.37. The number of benzene rings is 2. The summed E-state index contributed by atoms with van der Waals surface area (Å²) in [5.74, 6) is -0.478. The fourth-order valence-corrected chi connectivity index (χ4v) is 2.97. The number of anilines is 4. The van der Waals surface area contributed by atoms with Crippen molar-refractivity contribution in [1.29, 1.82) is 0 Å². The van der Waals surface area contributed by atoms with E-state index in [1.54, 1.807) is 0 Å². The van der Waals surface area contributed by atoms with Gasteiger partial charge in [0.1, 0.15) is 0 Å². The molecule has 0 aliphatic rings. The van der Waals surface area contributed by atoms with Gasteiger partial charge in [0.05, 0.1) is 0 Å². The van der Waals surface area contributed by atoms with Crippen molar-refractivity contribution in [2.24, 2.45) is 7.05 Å². The third-order valence-electron chi connectivity index (χ3n) is 4.59. The molecular formula is C21H19F3N6. The maximum Gasteiger partial charge on any atom is 0.449 e. The van der Waals surface area contributed by atoms with Crippen LogP contribution in [0.3, 0.4) is 0 Å². The molecule has 0 atom stereocenters. The second-order valence-corrected chi connectivity index (χ2v) is 7.04. The molecule has 9 heteroatoms. The van der Waals surface area contributed by atoms with Crippen LogP contribution < -0.4 is 10.6 Å². The second kappa shape index (κ2) is 7.33. The molecule has 0 aliphatic heterocycles. The van der Waals surface area contributed by atoms with E-state index in [2.05, 4.69) is 25.6 Å². The van der Waals surface area contributed by atoms with Crippen LogP contribution in [-0.2, 0) is 13.2 Å². The van der Waals surface area contributed by atoms with Gasteiger partial charge in [-0.2, -0.15) is 13.2 Å². The lowest BCUT2D eigenvalue weighted by Gasteiger charge is -2.13. The van der Waals surface area contributed by atoms with E-state index in [0.717, 1.165) is 27.1 Å². The van der Waals surface area contributed by atoms with E-state index in [1.165, 1.54) is 7.05 Å². The molecule has 2 aromatic heterocycles. The highest BCUT2D eigenvalue weighted by Crippen LogP contribution is 2.32. The van der Waals surface area contributed by atoms with Crippen LogP contribution in [-0.4, -0.2) is 19.5 Å². The highest BCUT2D eigenvalue weighted by atomic mass is 19.4. The summed E-state index contributed by atoms with van der Waals surface area (Å²) in [6, 6.07) is 15.1. The molecule has 2 N–H and O–H groups in total. The Hall–Kier alpha value is -3.62. The maximum atomic E-state index is 13.3. The Bertz CT molecular complexity index is 1190. The minimum atomic E-state index is -4.60. The number of aryl methyl sites for hydroxylation is 3. The van der Waals surface area contributed by atoms with Crippen LogP contribution in [0.5, 0.6) is 0 Å². The lowest BCUT2D eigenvalue weighted by Crippen LogP contribution is -2.12. The molecular weight excluding hydrogens is 393 g/mol. The van der Waals surface area contributed by atoms with E-state index < -0.39 is 12.0 Å². The number of alkyl halides is 3. The molecule has 2 heterocycles. The predicted molar refractivity (Wildman–Crippen MR) is 110 cm³/mol. The third-order valence-corrected chi connectivity index (χ3v) is 4.59. The van der Waals surface area contributed by atoms with Crippen LogP contribution in [0.15, 0.2) is 48.5 Å². The van der Waals surface area contributed by atoms with Gasteiger partial charge in [-0.3, -0.25) is 0 Å². The first-order valence-electron chi connectivity index (χ1n) is 9.20. The monoisotopic (exact) mass is 412 g/mol. The quantitative estimate of drug-likeness (QED) is 0.464. The van der Waals surface area contributed by atoms with E-state index in [1.807, 2.05) is 62.4 Å². The molecule has 6 nitrogen and oxygen atoms in total. The molecule has 0 amide bonds. The van der Waals surface area contributed by atoms with Crippen LogP contribution in [0.25, 0.3) is 11.3 Å². The van der Waals surface area contributed by atoms with Crippen molar-refractivity contribution in [2.75, 3.05) is 10.6 Å². The van der Waals surface area contributed by atoms with Crippen LogP contribution in [0.2, 0.25) is 0 Å². The molecule has 4 aromatic rings. The Morgan fingerprint density at radius 2 is 1.20 bits per heavy atom. The first-order valence-corrected chi connectivity index (χ1v) is 9.20. The summed E-state index contributed by atoms with van der Waals surface area (Å²) in [4.78, 5) is 12.4. The zero-order chi connectivity index (χ0) is 21.5. The van der Waals surface area contributed by atoms with Crippen LogP contribution in [0.1, 0.15) is 17.0 Å². The van der Waals surface area contributed by atoms with Crippen molar-refractivity contribution in [2.45, 2.75) is 20.0 Å². The number of hydrogen-bond acceptors (Lipinski definition) is 5. The molecule has 2 aromatic carbocycles. The molecule has 0 fully saturated rings. The summed E-state index contributed by atoms with van der Waals surface area (Å²) in [6.07, 6.45) is -4.60. The number of fused-ring (bicyclic) bond motifs is 1. The Morgan fingerprint density at radius 1 is 0.733 bits per heavy atom. The van der Waals surface area contributed by atoms with Gasteiger partial charge >= 0.3 is 6.18 Å². The lowest BCUT2D eigenvalue weighted by atomic mass is 10.2. The van der Waals surface area contributed by atoms with Gasteiger partial charge in [-0.15, -0.1) is 0 Å². The summed E-state index contributed by atoms with van der Waals surface area (Å²) < 4.78 is 40.8. The fraction of sp³-hybridized carbons (Fsp3) is 0.190. The predicted octanol–water partition coefficient (Wildman–Crippen LogP) is 5.49. The van der Waals surface area contributed by atoms with Crippen molar-refractivity contribution < 1.29 is 13.2 Å². The number of rotatable bonds is 4. The van der Waals surface area contributed by atoms with Gasteiger partial charge in [0, 0.05) is 18.4 Å². The topological polar surface area (TPSA) is 67.7 Å². The van der Waals surface area contributed by atoms with Gasteiger partial charge in [0.2, 0.25) is 5.82 Å². The SMILES string of the molecule is Cc1ccc(Nc2nc3nc(C(F)(F)F)n(C)c3nc2Nc2ccc(C)cc2)cc1. The van der Waals surface area contributed by atoms with E-state index >= 15 is 0 Å². The second-order valence-electron chi connectivity index (χ2n) is 7.04. The number of nitrogens with zero attached hydrogens (tertiary/aromatic N) is 4. The Balaban J connectivity index is 1.82. The summed E-state index contributed by atoms with van der Waals surface area (Å²) in [7, 11) is 1.27. The normalized spacial score (nSPS) is 11.7. The van der Waals surface area contributed by atoms with Gasteiger partial charge in [0.25, 0.3) is 0 Å². The molecule has 0 unspecified atom stereocenters. The molecule has 0 spiro atoms. The average Bonchev–Trinajstić information content (AvgIpc) is 3.02. The summed E-state index contributed by atoms with van der Waals surface area (Å²) in [5.41, 5.74) is 3.58. The van der Waals surface area contributed by atoms with E-state index in [-0.39, 0.29) is 17.1 Å². The first-order chi connectivity index (χ1) is 14.2. The maximum absolute atomic E-state index is 13.3. The Labute approximate surface area is 170 Å². The third kappa shape index (κ3) is 3.91. The summed E-state index contributed by atoms with van der Waals surface area (Å²) in [6.45, 7) is 3.93. The zero-order valence-electron chi connectivity index (χ0n) is 16.5. The van der Waals surface area contributed by atoms with E-state index in [4.69, 9.17) is 0 Å². The lowest BCUT2D eigenvalue weighted by molar-refractivity contribution is -0.146. The van der Waals surface area contributed by atoms with Crippen molar-refractivity contribution >= 4 is 34.3 Å². The Morgan fingerprint density at radius 3 is 1.67 bits per heavy atom. The highest BCUT2D eigenvalue weighted by molar-refractivity contribution is 5.80. The standard InChI is InChI=1S/C21H19F3N6/c1-12-4-8-14(9-5-12)25-16-17(26-15-10-6-13(2)7-11-15)28-19-18(27-16)29-20(30(19)3)21(22,23)24/h4-11H,1-3H3,(H,25,27)(H,26,28). The van der Waals surface area contributed by atoms with Gasteiger partial charge in [-0.25, -0.2) is 15.0 Å². The van der Waals surface area contributed by atoms with Crippen molar-refractivity contribution in [3.63, 3.8) is 0 Å². The van der Waals surface area contributed by atoms with Crippen LogP contribution in [0, 0.1) is 13.8 Å². The smallest absolute Gasteiger partial charge is 0.337 e.